The number of guanidine groups is 1. The highest BCUT2D eigenvalue weighted by atomic mass is 32.2. The minimum absolute atomic E-state index is 0.374. The van der Waals surface area contributed by atoms with E-state index in [1.165, 1.54) is 25.5 Å². The molecule has 1 saturated heterocycles. The van der Waals surface area contributed by atoms with E-state index < -0.39 is 9.84 Å². The number of hydrogen-bond donors (Lipinski definition) is 1. The Labute approximate surface area is 126 Å². The normalized spacial score (nSPS) is 17.0. The summed E-state index contributed by atoms with van der Waals surface area (Å²) in [5.41, 5.74) is 7.74. The van der Waals surface area contributed by atoms with Crippen LogP contribution in [0.4, 0.5) is 0 Å². The average molecular weight is 309 g/mol. The SMILES string of the molecule is Cc1cc(CN=C(N)N2CCCCC2)ccc1S(C)(=O)=O. The number of sulfone groups is 1. The number of hydrogen-bond acceptors (Lipinski definition) is 3. The highest BCUT2D eigenvalue weighted by molar-refractivity contribution is 7.90. The van der Waals surface area contributed by atoms with Gasteiger partial charge in [0.15, 0.2) is 15.8 Å². The Morgan fingerprint density at radius 2 is 1.95 bits per heavy atom. The topological polar surface area (TPSA) is 75.8 Å². The van der Waals surface area contributed by atoms with Crippen molar-refractivity contribution in [3.63, 3.8) is 0 Å². The molecule has 0 aliphatic carbocycles. The van der Waals surface area contributed by atoms with Gasteiger partial charge >= 0.3 is 0 Å². The number of likely N-dealkylation sites (tertiary alicyclic amines) is 1. The van der Waals surface area contributed by atoms with Crippen molar-refractivity contribution in [2.24, 2.45) is 10.7 Å². The smallest absolute Gasteiger partial charge is 0.191 e. The first-order valence-electron chi connectivity index (χ1n) is 7.22. The molecule has 0 spiro atoms. The predicted molar refractivity (Wildman–Crippen MR) is 85.0 cm³/mol. The molecule has 2 rings (SSSR count). The fourth-order valence-corrected chi connectivity index (χ4v) is 3.58. The summed E-state index contributed by atoms with van der Waals surface area (Å²) >= 11 is 0. The molecule has 0 radical (unpaired) electrons. The van der Waals surface area contributed by atoms with Gasteiger partial charge in [0, 0.05) is 19.3 Å². The van der Waals surface area contributed by atoms with Crippen molar-refractivity contribution in [2.75, 3.05) is 19.3 Å². The fraction of sp³-hybridized carbons (Fsp3) is 0.533. The lowest BCUT2D eigenvalue weighted by Crippen LogP contribution is -2.40. The second-order valence-electron chi connectivity index (χ2n) is 5.59. The van der Waals surface area contributed by atoms with Crippen LogP contribution < -0.4 is 5.73 Å². The summed E-state index contributed by atoms with van der Waals surface area (Å²) in [6.45, 7) is 4.23. The summed E-state index contributed by atoms with van der Waals surface area (Å²) in [6, 6.07) is 5.31. The van der Waals surface area contributed by atoms with E-state index in [1.54, 1.807) is 19.1 Å². The highest BCUT2D eigenvalue weighted by Crippen LogP contribution is 2.17. The average Bonchev–Trinajstić information content (AvgIpc) is 2.44. The molecular weight excluding hydrogens is 286 g/mol. The Bertz CT molecular complexity index is 632. The summed E-state index contributed by atoms with van der Waals surface area (Å²) in [4.78, 5) is 6.91. The molecule has 1 aliphatic rings. The highest BCUT2D eigenvalue weighted by Gasteiger charge is 2.13. The van der Waals surface area contributed by atoms with E-state index in [-0.39, 0.29) is 0 Å². The number of benzene rings is 1. The van der Waals surface area contributed by atoms with Gasteiger partial charge in [-0.2, -0.15) is 0 Å². The van der Waals surface area contributed by atoms with E-state index in [0.717, 1.165) is 24.2 Å². The van der Waals surface area contributed by atoms with Crippen LogP contribution in [0.15, 0.2) is 28.1 Å². The van der Waals surface area contributed by atoms with Crippen LogP contribution in [0.3, 0.4) is 0 Å². The van der Waals surface area contributed by atoms with E-state index in [0.29, 0.717) is 17.4 Å². The molecule has 0 bridgehead atoms. The molecule has 116 valence electrons. The first-order valence-corrected chi connectivity index (χ1v) is 9.11. The minimum Gasteiger partial charge on any atom is -0.370 e. The van der Waals surface area contributed by atoms with E-state index in [4.69, 9.17) is 5.73 Å². The predicted octanol–water partition coefficient (Wildman–Crippen LogP) is 1.70. The zero-order valence-electron chi connectivity index (χ0n) is 12.7. The third-order valence-electron chi connectivity index (χ3n) is 3.74. The van der Waals surface area contributed by atoms with Crippen molar-refractivity contribution in [1.29, 1.82) is 0 Å². The van der Waals surface area contributed by atoms with Crippen LogP contribution >= 0.6 is 0 Å². The number of nitrogens with zero attached hydrogens (tertiary/aromatic N) is 2. The Morgan fingerprint density at radius 3 is 2.52 bits per heavy atom. The molecule has 21 heavy (non-hydrogen) atoms. The van der Waals surface area contributed by atoms with Gasteiger partial charge in [0.1, 0.15) is 0 Å². The van der Waals surface area contributed by atoms with Crippen LogP contribution in [-0.2, 0) is 16.4 Å². The van der Waals surface area contributed by atoms with Crippen molar-refractivity contribution >= 4 is 15.8 Å². The Morgan fingerprint density at radius 1 is 1.29 bits per heavy atom. The second kappa shape index (κ2) is 6.47. The lowest BCUT2D eigenvalue weighted by molar-refractivity contribution is 0.338. The van der Waals surface area contributed by atoms with Gasteiger partial charge in [0.2, 0.25) is 0 Å². The standard InChI is InChI=1S/C15H23N3O2S/c1-12-10-13(6-7-14(12)21(2,19)20)11-17-15(16)18-8-4-3-5-9-18/h6-7,10H,3-5,8-9,11H2,1-2H3,(H2,16,17). The van der Waals surface area contributed by atoms with Crippen LogP contribution in [0.25, 0.3) is 0 Å². The van der Waals surface area contributed by atoms with E-state index >= 15 is 0 Å². The quantitative estimate of drug-likeness (QED) is 0.681. The summed E-state index contributed by atoms with van der Waals surface area (Å²) < 4.78 is 23.2. The second-order valence-corrected chi connectivity index (χ2v) is 7.58. The number of rotatable bonds is 3. The Balaban J connectivity index is 2.08. The maximum Gasteiger partial charge on any atom is 0.191 e. The first kappa shape index (κ1) is 15.8. The molecule has 5 nitrogen and oxygen atoms in total. The van der Waals surface area contributed by atoms with Crippen LogP contribution in [0.2, 0.25) is 0 Å². The molecule has 0 aromatic heterocycles. The van der Waals surface area contributed by atoms with E-state index in [1.807, 2.05) is 6.07 Å². The van der Waals surface area contributed by atoms with E-state index in [9.17, 15) is 8.42 Å². The van der Waals surface area contributed by atoms with Gasteiger partial charge in [-0.25, -0.2) is 13.4 Å². The molecule has 1 fully saturated rings. The molecule has 1 aliphatic heterocycles. The van der Waals surface area contributed by atoms with Gasteiger partial charge in [-0.1, -0.05) is 12.1 Å². The molecule has 0 atom stereocenters. The van der Waals surface area contributed by atoms with Crippen molar-refractivity contribution in [1.82, 2.24) is 4.90 Å². The van der Waals surface area contributed by atoms with Crippen molar-refractivity contribution in [2.45, 2.75) is 37.6 Å². The van der Waals surface area contributed by atoms with Gasteiger partial charge in [0.25, 0.3) is 0 Å². The van der Waals surface area contributed by atoms with Gasteiger partial charge in [-0.3, -0.25) is 0 Å². The van der Waals surface area contributed by atoms with E-state index in [2.05, 4.69) is 9.89 Å². The maximum atomic E-state index is 11.6. The largest absolute Gasteiger partial charge is 0.370 e. The Hall–Kier alpha value is -1.56. The summed E-state index contributed by atoms with van der Waals surface area (Å²) in [5.74, 6) is 0.583. The molecule has 1 aromatic rings. The van der Waals surface area contributed by atoms with Crippen molar-refractivity contribution in [3.05, 3.63) is 29.3 Å². The summed E-state index contributed by atoms with van der Waals surface area (Å²) in [7, 11) is -3.17. The lowest BCUT2D eigenvalue weighted by atomic mass is 10.1. The van der Waals surface area contributed by atoms with Gasteiger partial charge in [0.05, 0.1) is 11.4 Å². The van der Waals surface area contributed by atoms with Crippen LogP contribution in [0.1, 0.15) is 30.4 Å². The zero-order valence-corrected chi connectivity index (χ0v) is 13.5. The number of aryl methyl sites for hydroxylation is 1. The zero-order chi connectivity index (χ0) is 15.5. The third-order valence-corrected chi connectivity index (χ3v) is 5.00. The van der Waals surface area contributed by atoms with Gasteiger partial charge < -0.3 is 10.6 Å². The van der Waals surface area contributed by atoms with Gasteiger partial charge in [-0.05, 0) is 43.4 Å². The van der Waals surface area contributed by atoms with Crippen LogP contribution in [-0.4, -0.2) is 38.6 Å². The molecule has 6 heteroatoms. The van der Waals surface area contributed by atoms with Crippen LogP contribution in [0, 0.1) is 6.92 Å². The monoisotopic (exact) mass is 309 g/mol. The Kier molecular flexibility index (Phi) is 4.88. The molecule has 2 N–H and O–H groups in total. The molecule has 1 heterocycles. The number of aliphatic imine (C=N–C) groups is 1. The van der Waals surface area contributed by atoms with Crippen molar-refractivity contribution in [3.8, 4) is 0 Å². The maximum absolute atomic E-state index is 11.6. The van der Waals surface area contributed by atoms with Crippen molar-refractivity contribution < 1.29 is 8.42 Å². The minimum atomic E-state index is -3.17. The molecule has 0 unspecified atom stereocenters. The fourth-order valence-electron chi connectivity index (χ4n) is 2.62. The number of nitrogens with two attached hydrogens (primary N) is 1. The third kappa shape index (κ3) is 4.20. The number of piperidine rings is 1. The first-order chi connectivity index (χ1) is 9.88. The molecular formula is C15H23N3O2S. The molecule has 1 aromatic carbocycles. The molecule has 0 amide bonds. The summed E-state index contributed by atoms with van der Waals surface area (Å²) in [6.07, 6.45) is 4.81. The molecule has 0 saturated carbocycles. The van der Waals surface area contributed by atoms with Gasteiger partial charge in [-0.15, -0.1) is 0 Å². The summed E-state index contributed by atoms with van der Waals surface area (Å²) in [5, 5.41) is 0. The van der Waals surface area contributed by atoms with Crippen LogP contribution in [0.5, 0.6) is 0 Å². The lowest BCUT2D eigenvalue weighted by Gasteiger charge is -2.27.